The number of rotatable bonds is 3. The Kier molecular flexibility index (Phi) is 5.25. The number of hydrogen-bond acceptors (Lipinski definition) is 2. The molecule has 0 aromatic heterocycles. The lowest BCUT2D eigenvalue weighted by molar-refractivity contribution is 0.233. The number of carbonyl (C=O) groups is 1. The van der Waals surface area contributed by atoms with Crippen LogP contribution in [0.1, 0.15) is 44.6 Å². The molecular formula is C15H19F2N3O. The molecule has 1 aromatic rings. The van der Waals surface area contributed by atoms with Crippen LogP contribution < -0.4 is 10.7 Å². The summed E-state index contributed by atoms with van der Waals surface area (Å²) >= 11 is 0. The summed E-state index contributed by atoms with van der Waals surface area (Å²) in [6.07, 6.45) is 5.32. The van der Waals surface area contributed by atoms with E-state index in [0.29, 0.717) is 0 Å². The highest BCUT2D eigenvalue weighted by atomic mass is 19.1. The normalized spacial score (nSPS) is 16.6. The molecule has 0 spiro atoms. The molecule has 6 heteroatoms. The predicted molar refractivity (Wildman–Crippen MR) is 77.1 cm³/mol. The second-order valence-corrected chi connectivity index (χ2v) is 5.21. The van der Waals surface area contributed by atoms with Gasteiger partial charge in [-0.3, -0.25) is 0 Å². The Morgan fingerprint density at radius 2 is 1.81 bits per heavy atom. The third-order valence-corrected chi connectivity index (χ3v) is 3.59. The molecule has 2 N–H and O–H groups in total. The van der Waals surface area contributed by atoms with E-state index in [1.54, 1.807) is 0 Å². The van der Waals surface area contributed by atoms with Gasteiger partial charge in [0.1, 0.15) is 11.6 Å². The van der Waals surface area contributed by atoms with Crippen LogP contribution in [0.2, 0.25) is 0 Å². The van der Waals surface area contributed by atoms with Gasteiger partial charge in [-0.15, -0.1) is 0 Å². The summed E-state index contributed by atoms with van der Waals surface area (Å²) in [5, 5.41) is 6.57. The fraction of sp³-hybridized carbons (Fsp3) is 0.467. The van der Waals surface area contributed by atoms with E-state index in [1.165, 1.54) is 19.4 Å². The van der Waals surface area contributed by atoms with Crippen LogP contribution in [0.4, 0.5) is 13.6 Å². The topological polar surface area (TPSA) is 53.5 Å². The van der Waals surface area contributed by atoms with Gasteiger partial charge in [0.15, 0.2) is 0 Å². The zero-order valence-corrected chi connectivity index (χ0v) is 12.0. The molecule has 0 aliphatic heterocycles. The molecule has 4 nitrogen and oxygen atoms in total. The Balaban J connectivity index is 1.95. The van der Waals surface area contributed by atoms with E-state index in [9.17, 15) is 13.6 Å². The number of nitrogens with one attached hydrogen (secondary N) is 2. The van der Waals surface area contributed by atoms with Crippen molar-refractivity contribution in [1.29, 1.82) is 0 Å². The van der Waals surface area contributed by atoms with Crippen molar-refractivity contribution in [2.45, 2.75) is 45.1 Å². The third-order valence-electron chi connectivity index (χ3n) is 3.59. The van der Waals surface area contributed by atoms with Gasteiger partial charge in [-0.2, -0.15) is 5.10 Å². The first-order valence-electron chi connectivity index (χ1n) is 7.13. The molecule has 0 heterocycles. The van der Waals surface area contributed by atoms with Gasteiger partial charge in [-0.25, -0.2) is 19.0 Å². The Hall–Kier alpha value is -1.98. The number of urea groups is 1. The molecule has 21 heavy (non-hydrogen) atoms. The first-order chi connectivity index (χ1) is 10.1. The summed E-state index contributed by atoms with van der Waals surface area (Å²) in [5.74, 6) is -1.41. The average molecular weight is 295 g/mol. The maximum atomic E-state index is 13.5. The van der Waals surface area contributed by atoms with Crippen LogP contribution in [0.5, 0.6) is 0 Å². The average Bonchev–Trinajstić information content (AvgIpc) is 2.46. The SMILES string of the molecule is CC(=NNC(=O)NC1CCCCC1)c1c(F)cccc1F. The van der Waals surface area contributed by atoms with Gasteiger partial charge in [0.05, 0.1) is 11.3 Å². The quantitative estimate of drug-likeness (QED) is 0.652. The number of hydrogen-bond donors (Lipinski definition) is 2. The van der Waals surface area contributed by atoms with Crippen molar-refractivity contribution >= 4 is 11.7 Å². The van der Waals surface area contributed by atoms with Crippen molar-refractivity contribution in [3.05, 3.63) is 35.4 Å². The van der Waals surface area contributed by atoms with E-state index in [4.69, 9.17) is 0 Å². The Morgan fingerprint density at radius 3 is 2.43 bits per heavy atom. The number of amides is 2. The summed E-state index contributed by atoms with van der Waals surface area (Å²) in [5.41, 5.74) is 2.15. The van der Waals surface area contributed by atoms with E-state index < -0.39 is 17.7 Å². The van der Waals surface area contributed by atoms with Crippen LogP contribution in [0.15, 0.2) is 23.3 Å². The molecule has 1 aromatic carbocycles. The number of hydrazone groups is 1. The number of nitrogens with zero attached hydrogens (tertiary/aromatic N) is 1. The molecule has 1 aliphatic rings. The summed E-state index contributed by atoms with van der Waals surface area (Å²) in [6, 6.07) is 3.29. The van der Waals surface area contributed by atoms with Crippen LogP contribution in [0.25, 0.3) is 0 Å². The van der Waals surface area contributed by atoms with Crippen LogP contribution in [0, 0.1) is 11.6 Å². The smallest absolute Gasteiger partial charge is 0.334 e. The van der Waals surface area contributed by atoms with Gasteiger partial charge in [0, 0.05) is 6.04 Å². The standard InChI is InChI=1S/C15H19F2N3O/c1-10(14-12(16)8-5-9-13(14)17)19-20-15(21)18-11-6-3-2-4-7-11/h5,8-9,11H,2-4,6-7H2,1H3,(H2,18,20,21). The molecule has 0 saturated heterocycles. The lowest BCUT2D eigenvalue weighted by atomic mass is 9.96. The lowest BCUT2D eigenvalue weighted by Crippen LogP contribution is -2.41. The van der Waals surface area contributed by atoms with Gasteiger partial charge in [0.25, 0.3) is 0 Å². The molecule has 2 rings (SSSR count). The maximum absolute atomic E-state index is 13.5. The molecular weight excluding hydrogens is 276 g/mol. The van der Waals surface area contributed by atoms with Crippen LogP contribution >= 0.6 is 0 Å². The molecule has 1 saturated carbocycles. The Labute approximate surface area is 122 Å². The molecule has 114 valence electrons. The second-order valence-electron chi connectivity index (χ2n) is 5.21. The van der Waals surface area contributed by atoms with Crippen LogP contribution in [-0.2, 0) is 0 Å². The lowest BCUT2D eigenvalue weighted by Gasteiger charge is -2.22. The van der Waals surface area contributed by atoms with E-state index in [0.717, 1.165) is 37.8 Å². The highest BCUT2D eigenvalue weighted by molar-refractivity contribution is 5.99. The molecule has 0 radical (unpaired) electrons. The van der Waals surface area contributed by atoms with E-state index in [-0.39, 0.29) is 17.3 Å². The van der Waals surface area contributed by atoms with Gasteiger partial charge in [0.2, 0.25) is 0 Å². The first kappa shape index (κ1) is 15.4. The largest absolute Gasteiger partial charge is 0.335 e. The van der Waals surface area contributed by atoms with E-state index in [1.807, 2.05) is 0 Å². The summed E-state index contributed by atoms with van der Waals surface area (Å²) in [7, 11) is 0. The fourth-order valence-electron chi connectivity index (χ4n) is 2.50. The summed E-state index contributed by atoms with van der Waals surface area (Å²) in [6.45, 7) is 1.45. The van der Waals surface area contributed by atoms with Crippen molar-refractivity contribution in [3.63, 3.8) is 0 Å². The van der Waals surface area contributed by atoms with E-state index >= 15 is 0 Å². The minimum absolute atomic E-state index is 0.0874. The number of halogens is 2. The Bertz CT molecular complexity index is 519. The predicted octanol–water partition coefficient (Wildman–Crippen LogP) is 3.32. The van der Waals surface area contributed by atoms with Gasteiger partial charge < -0.3 is 5.32 Å². The van der Waals surface area contributed by atoms with Crippen molar-refractivity contribution < 1.29 is 13.6 Å². The van der Waals surface area contributed by atoms with Crippen molar-refractivity contribution in [1.82, 2.24) is 10.7 Å². The molecule has 0 atom stereocenters. The molecule has 1 fully saturated rings. The fourth-order valence-corrected chi connectivity index (χ4v) is 2.50. The third kappa shape index (κ3) is 4.24. The van der Waals surface area contributed by atoms with Crippen molar-refractivity contribution in [3.8, 4) is 0 Å². The van der Waals surface area contributed by atoms with Crippen LogP contribution in [0.3, 0.4) is 0 Å². The van der Waals surface area contributed by atoms with Crippen molar-refractivity contribution in [2.24, 2.45) is 5.10 Å². The van der Waals surface area contributed by atoms with Crippen molar-refractivity contribution in [2.75, 3.05) is 0 Å². The van der Waals surface area contributed by atoms with Gasteiger partial charge >= 0.3 is 6.03 Å². The Morgan fingerprint density at radius 1 is 1.19 bits per heavy atom. The van der Waals surface area contributed by atoms with Gasteiger partial charge in [-0.05, 0) is 31.9 Å². The first-order valence-corrected chi connectivity index (χ1v) is 7.13. The highest BCUT2D eigenvalue weighted by Crippen LogP contribution is 2.17. The minimum Gasteiger partial charge on any atom is -0.334 e. The maximum Gasteiger partial charge on any atom is 0.335 e. The molecule has 0 bridgehead atoms. The molecule has 2 amide bonds. The monoisotopic (exact) mass is 295 g/mol. The number of benzene rings is 1. The number of carbonyl (C=O) groups excluding carboxylic acids is 1. The molecule has 1 aliphatic carbocycles. The van der Waals surface area contributed by atoms with Gasteiger partial charge in [-0.1, -0.05) is 25.3 Å². The zero-order chi connectivity index (χ0) is 15.2. The minimum atomic E-state index is -0.703. The van der Waals surface area contributed by atoms with E-state index in [2.05, 4.69) is 15.8 Å². The summed E-state index contributed by atoms with van der Waals surface area (Å²) < 4.78 is 27.1. The molecule has 0 unspecified atom stereocenters. The summed E-state index contributed by atoms with van der Waals surface area (Å²) in [4.78, 5) is 11.7. The zero-order valence-electron chi connectivity index (χ0n) is 12.0. The van der Waals surface area contributed by atoms with Crippen LogP contribution in [-0.4, -0.2) is 17.8 Å². The highest BCUT2D eigenvalue weighted by Gasteiger charge is 2.16. The second kappa shape index (κ2) is 7.15.